The molecule has 3 N–H and O–H groups in total. The van der Waals surface area contributed by atoms with Gasteiger partial charge in [-0.25, -0.2) is 9.48 Å². The van der Waals surface area contributed by atoms with Gasteiger partial charge in [0.15, 0.2) is 24.5 Å². The molecular weight excluding hydrogens is 1030 g/mol. The van der Waals surface area contributed by atoms with Crippen LogP contribution in [-0.4, -0.2) is 167 Å². The average molecular weight is 1120 g/mol. The van der Waals surface area contributed by atoms with Crippen LogP contribution >= 0.6 is 0 Å². The highest BCUT2D eigenvalue weighted by Crippen LogP contribution is 2.47. The van der Waals surface area contributed by atoms with Crippen LogP contribution in [0.1, 0.15) is 123 Å². The molecule has 1 aromatic heterocycles. The molecule has 4 saturated heterocycles. The SMILES string of the molecule is CC[C@H](C)[C@H]1O[C@]2(C=C[C@@H]1C)C[C@@H]1C[C@@H](C/C=C(\C)[C@@H](O[C@H]3C[C@H](OC)[C@@H](O[C@H]4C[C@H](OC)[C@@H](OC(=O)c5ccc(-n6cc(CCCCO)nn6)cc5)[C@H](C)O4)[C@H](C)O3)[C@@H](C)/C=C/C=C3\CO[C@@H]4[C@H](O)C(C)=C[C@@H](C(=O)O1)[C@]34O)O2. The van der Waals surface area contributed by atoms with E-state index in [9.17, 15) is 19.8 Å². The summed E-state index contributed by atoms with van der Waals surface area (Å²) >= 11 is 0. The Hall–Kier alpha value is -4.48. The molecule has 0 saturated carbocycles. The Kier molecular flexibility index (Phi) is 19.5. The number of benzene rings is 1. The van der Waals surface area contributed by atoms with Crippen LogP contribution in [0.5, 0.6) is 0 Å². The number of carbonyl (C=O) groups excluding carboxylic acids is 2. The third-order valence-electron chi connectivity index (χ3n) is 17.5. The lowest BCUT2D eigenvalue weighted by Gasteiger charge is -2.48. The fourth-order valence-electron chi connectivity index (χ4n) is 12.6. The first-order valence-electron chi connectivity index (χ1n) is 28.9. The second-order valence-electron chi connectivity index (χ2n) is 23.2. The summed E-state index contributed by atoms with van der Waals surface area (Å²) in [6.07, 6.45) is 11.5. The molecule has 6 aliphatic heterocycles. The molecule has 9 rings (SSSR count). The monoisotopic (exact) mass is 1120 g/mol. The third-order valence-corrected chi connectivity index (χ3v) is 17.5. The Morgan fingerprint density at radius 3 is 2.33 bits per heavy atom. The first-order valence-corrected chi connectivity index (χ1v) is 28.9. The topological polar surface area (TPSA) is 227 Å². The lowest BCUT2D eigenvalue weighted by molar-refractivity contribution is -0.318. The summed E-state index contributed by atoms with van der Waals surface area (Å²) in [5, 5.41) is 41.5. The Balaban J connectivity index is 0.890. The van der Waals surface area contributed by atoms with E-state index in [1.165, 1.54) is 0 Å². The minimum Gasteiger partial charge on any atom is -0.462 e. The van der Waals surface area contributed by atoms with Crippen molar-refractivity contribution in [1.82, 2.24) is 15.0 Å². The summed E-state index contributed by atoms with van der Waals surface area (Å²) in [4.78, 5) is 28.0. The van der Waals surface area contributed by atoms with Gasteiger partial charge in [-0.15, -0.1) is 5.10 Å². The fraction of sp³-hybridized carbons (Fsp3) is 0.672. The summed E-state index contributed by atoms with van der Waals surface area (Å²) in [5.41, 5.74) is 1.96. The van der Waals surface area contributed by atoms with Gasteiger partial charge in [-0.2, -0.15) is 0 Å². The normalized spacial score (nSPS) is 40.6. The zero-order valence-corrected chi connectivity index (χ0v) is 48.1. The van der Waals surface area contributed by atoms with Crippen LogP contribution in [0.2, 0.25) is 0 Å². The van der Waals surface area contributed by atoms with Gasteiger partial charge in [0, 0.05) is 58.3 Å². The molecule has 20 atom stereocenters. The lowest BCUT2D eigenvalue weighted by Crippen LogP contribution is -2.58. The molecule has 1 aromatic carbocycles. The Labute approximate surface area is 470 Å². The number of allylic oxidation sites excluding steroid dienone is 2. The number of aliphatic hydroxyl groups excluding tert-OH is 2. The zero-order valence-electron chi connectivity index (χ0n) is 48.1. The molecule has 2 bridgehead atoms. The van der Waals surface area contributed by atoms with E-state index in [0.29, 0.717) is 48.8 Å². The number of aromatic nitrogens is 3. The molecule has 0 unspecified atom stereocenters. The lowest BCUT2D eigenvalue weighted by atomic mass is 9.71. The van der Waals surface area contributed by atoms with Crippen molar-refractivity contribution in [3.8, 4) is 5.69 Å². The van der Waals surface area contributed by atoms with Gasteiger partial charge < -0.3 is 67.4 Å². The molecular formula is C61H85N3O16. The third kappa shape index (κ3) is 13.0. The zero-order chi connectivity index (χ0) is 57.0. The van der Waals surface area contributed by atoms with E-state index < -0.39 is 109 Å². The Morgan fingerprint density at radius 1 is 0.900 bits per heavy atom. The molecule has 0 amide bonds. The van der Waals surface area contributed by atoms with Gasteiger partial charge in [0.05, 0.1) is 66.4 Å². The molecule has 19 nitrogen and oxygen atoms in total. The van der Waals surface area contributed by atoms with Gasteiger partial charge in [-0.1, -0.05) is 75.8 Å². The van der Waals surface area contributed by atoms with E-state index in [2.05, 4.69) is 50.2 Å². The molecule has 1 aliphatic carbocycles. The number of ether oxygens (including phenoxy) is 11. The summed E-state index contributed by atoms with van der Waals surface area (Å²) in [6.45, 7) is 16.2. The summed E-state index contributed by atoms with van der Waals surface area (Å²) in [6, 6.07) is 6.92. The van der Waals surface area contributed by atoms with E-state index in [4.69, 9.17) is 57.2 Å². The first kappa shape index (κ1) is 60.1. The van der Waals surface area contributed by atoms with Crippen LogP contribution in [0.25, 0.3) is 5.69 Å². The van der Waals surface area contributed by atoms with Crippen LogP contribution in [0.4, 0.5) is 0 Å². The van der Waals surface area contributed by atoms with Crippen LogP contribution in [-0.2, 0) is 63.3 Å². The molecule has 440 valence electrons. The van der Waals surface area contributed by atoms with E-state index in [1.54, 1.807) is 62.2 Å². The number of carbonyl (C=O) groups is 2. The number of hydrogen-bond acceptors (Lipinski definition) is 18. The molecule has 7 heterocycles. The molecule has 80 heavy (non-hydrogen) atoms. The van der Waals surface area contributed by atoms with E-state index >= 15 is 0 Å². The number of aryl methyl sites for hydroxylation is 1. The highest BCUT2D eigenvalue weighted by Gasteiger charge is 2.60. The first-order chi connectivity index (χ1) is 38.4. The Morgan fingerprint density at radius 2 is 1.61 bits per heavy atom. The van der Waals surface area contributed by atoms with E-state index in [0.717, 1.165) is 29.8 Å². The maximum Gasteiger partial charge on any atom is 0.338 e. The summed E-state index contributed by atoms with van der Waals surface area (Å²) < 4.78 is 72.9. The minimum absolute atomic E-state index is 0.00891. The minimum atomic E-state index is -1.87. The fourth-order valence-corrected chi connectivity index (χ4v) is 12.6. The van der Waals surface area contributed by atoms with Crippen molar-refractivity contribution in [1.29, 1.82) is 0 Å². The number of fused-ring (bicyclic) bond motifs is 2. The van der Waals surface area contributed by atoms with E-state index in [-0.39, 0.29) is 49.9 Å². The average Bonchev–Trinajstić information content (AvgIpc) is 4.15. The molecule has 1 spiro atoms. The second-order valence-corrected chi connectivity index (χ2v) is 23.2. The maximum absolute atomic E-state index is 14.5. The van der Waals surface area contributed by atoms with Crippen molar-refractivity contribution in [3.05, 3.63) is 101 Å². The highest BCUT2D eigenvalue weighted by atomic mass is 16.7. The predicted molar refractivity (Wildman–Crippen MR) is 292 cm³/mol. The molecule has 4 fully saturated rings. The van der Waals surface area contributed by atoms with Crippen molar-refractivity contribution >= 4 is 11.9 Å². The van der Waals surface area contributed by atoms with Gasteiger partial charge in [0.25, 0.3) is 0 Å². The maximum atomic E-state index is 14.5. The highest BCUT2D eigenvalue weighted by molar-refractivity contribution is 5.89. The standard InChI is InChI=1S/C61H85N3O16/c1-11-34(2)54-37(5)24-25-60(80-54)31-46-28-45(79-60)23-18-36(4)53(35(3)15-14-16-42-33-72-57-52(66)38(6)27-47(59(68)75-46)61(42,57)69)76-50-29-48(70-9)55(39(7)73-50)77-51-30-49(71-10)56(40(8)74-51)78-58(67)41-19-21-44(22-20-41)64-32-43(62-63-64)17-12-13-26-65/h14-16,18-22,24-25,27,32,34-35,37,39-40,45-57,65-66,69H,11-13,17,23,26,28-31,33H2,1-10H3/b15-14+,36-18+,42-16+/t34-,35-,37-,39-,40-,45+,46-,47-,48-,49-,50-,51-,52+,53-,54+,55-,56-,57+,60+,61+/m0/s1. The largest absolute Gasteiger partial charge is 0.462 e. The van der Waals surface area contributed by atoms with Gasteiger partial charge in [0.2, 0.25) is 0 Å². The number of nitrogens with zero attached hydrogens (tertiary/aromatic N) is 3. The quantitative estimate of drug-likeness (QED) is 0.0915. The van der Waals surface area contributed by atoms with Gasteiger partial charge in [0.1, 0.15) is 42.0 Å². The number of hydrogen-bond donors (Lipinski definition) is 3. The van der Waals surface area contributed by atoms with Gasteiger partial charge >= 0.3 is 11.9 Å². The predicted octanol–water partition coefficient (Wildman–Crippen LogP) is 7.14. The van der Waals surface area contributed by atoms with E-state index in [1.807, 2.05) is 45.2 Å². The number of methoxy groups -OCH3 is 2. The van der Waals surface area contributed by atoms with Gasteiger partial charge in [-0.3, -0.25) is 4.79 Å². The summed E-state index contributed by atoms with van der Waals surface area (Å²) in [7, 11) is 3.21. The molecule has 19 heteroatoms. The number of esters is 2. The number of aliphatic hydroxyl groups is 3. The van der Waals surface area contributed by atoms with Gasteiger partial charge in [-0.05, 0) is 106 Å². The smallest absolute Gasteiger partial charge is 0.338 e. The molecule has 2 aromatic rings. The van der Waals surface area contributed by atoms with Crippen molar-refractivity contribution < 1.29 is 77.0 Å². The molecule has 0 radical (unpaired) electrons. The van der Waals surface area contributed by atoms with Crippen molar-refractivity contribution in [2.45, 2.75) is 210 Å². The number of unbranched alkanes of at least 4 members (excludes halogenated alkanes) is 1. The summed E-state index contributed by atoms with van der Waals surface area (Å²) in [5.74, 6) is -3.25. The Bertz CT molecular complexity index is 2600. The van der Waals surface area contributed by atoms with Crippen LogP contribution in [0, 0.1) is 23.7 Å². The van der Waals surface area contributed by atoms with Crippen LogP contribution in [0.3, 0.4) is 0 Å². The van der Waals surface area contributed by atoms with Crippen LogP contribution < -0.4 is 0 Å². The molecule has 7 aliphatic rings. The van der Waals surface area contributed by atoms with Crippen LogP contribution in [0.15, 0.2) is 89.7 Å². The van der Waals surface area contributed by atoms with Crippen molar-refractivity contribution in [3.63, 3.8) is 0 Å². The second kappa shape index (κ2) is 26.0. The van der Waals surface area contributed by atoms with Crippen molar-refractivity contribution in [2.75, 3.05) is 27.4 Å². The number of rotatable bonds is 15. The van der Waals surface area contributed by atoms with Crippen molar-refractivity contribution in [2.24, 2.45) is 23.7 Å².